The molecule has 2 heterocycles. The SMILES string of the molecule is Cc1ncc(C(=O)Oc2ccc(C(=O)Nc3ccccn3)cc2)s1. The zero-order valence-corrected chi connectivity index (χ0v) is 13.5. The van der Waals surface area contributed by atoms with Crippen LogP contribution in [0.2, 0.25) is 0 Å². The predicted octanol–water partition coefficient (Wildman–Crippen LogP) is 3.32. The number of hydrogen-bond donors (Lipinski definition) is 1. The second kappa shape index (κ2) is 7.01. The van der Waals surface area contributed by atoms with Crippen LogP contribution < -0.4 is 10.1 Å². The molecular weight excluding hydrogens is 326 g/mol. The number of anilines is 1. The lowest BCUT2D eigenvalue weighted by atomic mass is 10.2. The molecule has 0 aliphatic rings. The zero-order valence-electron chi connectivity index (χ0n) is 12.7. The zero-order chi connectivity index (χ0) is 16.9. The van der Waals surface area contributed by atoms with E-state index in [9.17, 15) is 9.59 Å². The molecule has 0 atom stereocenters. The Labute approximate surface area is 142 Å². The minimum Gasteiger partial charge on any atom is -0.422 e. The van der Waals surface area contributed by atoms with Crippen LogP contribution in [0.1, 0.15) is 25.0 Å². The molecule has 2 aromatic heterocycles. The van der Waals surface area contributed by atoms with Gasteiger partial charge in [0.2, 0.25) is 0 Å². The van der Waals surface area contributed by atoms with E-state index in [-0.39, 0.29) is 5.91 Å². The summed E-state index contributed by atoms with van der Waals surface area (Å²) in [5, 5.41) is 3.48. The van der Waals surface area contributed by atoms with Gasteiger partial charge in [0, 0.05) is 11.8 Å². The Morgan fingerprint density at radius 3 is 2.50 bits per heavy atom. The highest BCUT2D eigenvalue weighted by atomic mass is 32.1. The standard InChI is InChI=1S/C17H13N3O3S/c1-11-19-10-14(24-11)17(22)23-13-7-5-12(6-8-13)16(21)20-15-4-2-3-9-18-15/h2-10H,1H3,(H,18,20,21). The van der Waals surface area contributed by atoms with Crippen LogP contribution in [0.5, 0.6) is 5.75 Å². The van der Waals surface area contributed by atoms with Crippen molar-refractivity contribution in [3.05, 3.63) is 70.3 Å². The predicted molar refractivity (Wildman–Crippen MR) is 90.4 cm³/mol. The molecule has 3 aromatic rings. The largest absolute Gasteiger partial charge is 0.422 e. The Balaban J connectivity index is 1.64. The lowest BCUT2D eigenvalue weighted by Gasteiger charge is -2.06. The number of carbonyl (C=O) groups excluding carboxylic acids is 2. The number of pyridine rings is 1. The molecule has 24 heavy (non-hydrogen) atoms. The van der Waals surface area contributed by atoms with Gasteiger partial charge in [-0.25, -0.2) is 14.8 Å². The molecule has 7 heteroatoms. The van der Waals surface area contributed by atoms with E-state index in [0.29, 0.717) is 22.0 Å². The Morgan fingerprint density at radius 1 is 1.08 bits per heavy atom. The number of amides is 1. The van der Waals surface area contributed by atoms with E-state index in [2.05, 4.69) is 15.3 Å². The summed E-state index contributed by atoms with van der Waals surface area (Å²) < 4.78 is 5.25. The van der Waals surface area contributed by atoms with Gasteiger partial charge in [-0.3, -0.25) is 4.79 Å². The summed E-state index contributed by atoms with van der Waals surface area (Å²) in [5.74, 6) is 0.0787. The van der Waals surface area contributed by atoms with Crippen LogP contribution in [0, 0.1) is 6.92 Å². The number of nitrogens with zero attached hydrogens (tertiary/aromatic N) is 2. The maximum Gasteiger partial charge on any atom is 0.355 e. The van der Waals surface area contributed by atoms with Crippen molar-refractivity contribution in [1.29, 1.82) is 0 Å². The van der Waals surface area contributed by atoms with E-state index in [4.69, 9.17) is 4.74 Å². The fraction of sp³-hybridized carbons (Fsp3) is 0.0588. The van der Waals surface area contributed by atoms with Crippen molar-refractivity contribution in [2.45, 2.75) is 6.92 Å². The molecule has 0 saturated heterocycles. The lowest BCUT2D eigenvalue weighted by molar-refractivity contribution is 0.0739. The molecule has 1 amide bonds. The fourth-order valence-corrected chi connectivity index (χ4v) is 2.57. The van der Waals surface area contributed by atoms with Crippen molar-refractivity contribution in [3.63, 3.8) is 0 Å². The number of rotatable bonds is 4. The van der Waals surface area contributed by atoms with Gasteiger partial charge in [0.15, 0.2) is 0 Å². The van der Waals surface area contributed by atoms with Gasteiger partial charge in [0.1, 0.15) is 16.4 Å². The minimum absolute atomic E-state index is 0.287. The molecule has 1 aromatic carbocycles. The highest BCUT2D eigenvalue weighted by Gasteiger charge is 2.12. The van der Waals surface area contributed by atoms with Gasteiger partial charge < -0.3 is 10.1 Å². The van der Waals surface area contributed by atoms with E-state index in [1.165, 1.54) is 17.5 Å². The molecule has 0 spiro atoms. The Bertz CT molecular complexity index is 860. The van der Waals surface area contributed by atoms with Gasteiger partial charge in [0.25, 0.3) is 5.91 Å². The number of benzene rings is 1. The molecule has 0 radical (unpaired) electrons. The number of thiazole rings is 1. The quantitative estimate of drug-likeness (QED) is 0.582. The second-order valence-corrected chi connectivity index (χ2v) is 6.06. The third kappa shape index (κ3) is 3.82. The first kappa shape index (κ1) is 15.8. The molecule has 6 nitrogen and oxygen atoms in total. The van der Waals surface area contributed by atoms with E-state index >= 15 is 0 Å². The average Bonchev–Trinajstić information content (AvgIpc) is 3.03. The minimum atomic E-state index is -0.466. The number of carbonyl (C=O) groups is 2. The topological polar surface area (TPSA) is 81.2 Å². The van der Waals surface area contributed by atoms with Gasteiger partial charge in [-0.15, -0.1) is 11.3 Å². The third-order valence-electron chi connectivity index (χ3n) is 3.06. The van der Waals surface area contributed by atoms with Crippen LogP contribution in [0.15, 0.2) is 54.9 Å². The van der Waals surface area contributed by atoms with Crippen molar-refractivity contribution in [2.75, 3.05) is 5.32 Å². The number of aryl methyl sites for hydroxylation is 1. The summed E-state index contributed by atoms with van der Waals surface area (Å²) in [6.45, 7) is 1.82. The average molecular weight is 339 g/mol. The monoisotopic (exact) mass is 339 g/mol. The van der Waals surface area contributed by atoms with Crippen molar-refractivity contribution >= 4 is 29.0 Å². The second-order valence-electron chi connectivity index (χ2n) is 4.83. The molecule has 0 aliphatic carbocycles. The maximum atomic E-state index is 12.1. The number of esters is 1. The van der Waals surface area contributed by atoms with Crippen LogP contribution in [0.4, 0.5) is 5.82 Å². The molecular formula is C17H13N3O3S. The van der Waals surface area contributed by atoms with Crippen molar-refractivity contribution in [1.82, 2.24) is 9.97 Å². The van der Waals surface area contributed by atoms with Crippen molar-refractivity contribution in [2.24, 2.45) is 0 Å². The Hall–Kier alpha value is -3.06. The van der Waals surface area contributed by atoms with Gasteiger partial charge in [-0.2, -0.15) is 0 Å². The van der Waals surface area contributed by atoms with E-state index in [1.54, 1.807) is 48.7 Å². The van der Waals surface area contributed by atoms with Crippen molar-refractivity contribution < 1.29 is 14.3 Å². The van der Waals surface area contributed by atoms with E-state index in [0.717, 1.165) is 5.01 Å². The van der Waals surface area contributed by atoms with Gasteiger partial charge in [-0.1, -0.05) is 6.07 Å². The molecule has 0 saturated carbocycles. The number of aromatic nitrogens is 2. The normalized spacial score (nSPS) is 10.2. The number of nitrogens with one attached hydrogen (secondary N) is 1. The first-order chi connectivity index (χ1) is 11.6. The molecule has 0 aliphatic heterocycles. The summed E-state index contributed by atoms with van der Waals surface area (Å²) in [4.78, 5) is 32.5. The summed E-state index contributed by atoms with van der Waals surface area (Å²) in [6.07, 6.45) is 3.08. The summed E-state index contributed by atoms with van der Waals surface area (Å²) in [6, 6.07) is 11.6. The van der Waals surface area contributed by atoms with Crippen LogP contribution in [0.3, 0.4) is 0 Å². The van der Waals surface area contributed by atoms with E-state index in [1.807, 2.05) is 6.92 Å². The number of hydrogen-bond acceptors (Lipinski definition) is 6. The summed E-state index contributed by atoms with van der Waals surface area (Å²) >= 11 is 1.27. The number of ether oxygens (including phenoxy) is 1. The van der Waals surface area contributed by atoms with Crippen molar-refractivity contribution in [3.8, 4) is 5.75 Å². The van der Waals surface area contributed by atoms with Crippen LogP contribution >= 0.6 is 11.3 Å². The highest BCUT2D eigenvalue weighted by Crippen LogP contribution is 2.18. The summed E-state index contributed by atoms with van der Waals surface area (Å²) in [7, 11) is 0. The van der Waals surface area contributed by atoms with Crippen LogP contribution in [-0.2, 0) is 0 Å². The van der Waals surface area contributed by atoms with Crippen LogP contribution in [0.25, 0.3) is 0 Å². The van der Waals surface area contributed by atoms with Gasteiger partial charge in [0.05, 0.1) is 11.2 Å². The first-order valence-electron chi connectivity index (χ1n) is 7.09. The molecule has 3 rings (SSSR count). The molecule has 0 unspecified atom stereocenters. The Morgan fingerprint density at radius 2 is 1.88 bits per heavy atom. The lowest BCUT2D eigenvalue weighted by Crippen LogP contribution is -2.13. The molecule has 0 bridgehead atoms. The molecule has 1 N–H and O–H groups in total. The maximum absolute atomic E-state index is 12.1. The highest BCUT2D eigenvalue weighted by molar-refractivity contribution is 7.13. The van der Waals surface area contributed by atoms with Crippen LogP contribution in [-0.4, -0.2) is 21.8 Å². The molecule has 0 fully saturated rings. The summed E-state index contributed by atoms with van der Waals surface area (Å²) in [5.41, 5.74) is 0.439. The fourth-order valence-electron chi connectivity index (χ4n) is 1.91. The third-order valence-corrected chi connectivity index (χ3v) is 3.95. The van der Waals surface area contributed by atoms with E-state index < -0.39 is 5.97 Å². The first-order valence-corrected chi connectivity index (χ1v) is 7.90. The van der Waals surface area contributed by atoms with Gasteiger partial charge >= 0.3 is 5.97 Å². The molecule has 120 valence electrons. The Kier molecular flexibility index (Phi) is 4.62. The smallest absolute Gasteiger partial charge is 0.355 e. The van der Waals surface area contributed by atoms with Gasteiger partial charge in [-0.05, 0) is 43.3 Å².